The van der Waals surface area contributed by atoms with E-state index in [4.69, 9.17) is 9.47 Å². The number of hydrogen-bond donors (Lipinski definition) is 2. The highest BCUT2D eigenvalue weighted by molar-refractivity contribution is 6.08. The SMILES string of the molecule is COC(=O)C(NC(=O)c1ccccc1C(=O)NC(C(=O)OC)c1ccccc1)c1ccccc1. The van der Waals surface area contributed by atoms with Crippen LogP contribution in [0.4, 0.5) is 0 Å². The average Bonchev–Trinajstić information content (AvgIpc) is 2.90. The molecule has 0 heterocycles. The molecule has 0 fully saturated rings. The summed E-state index contributed by atoms with van der Waals surface area (Å²) in [5, 5.41) is 5.26. The van der Waals surface area contributed by atoms with Crippen LogP contribution in [0.2, 0.25) is 0 Å². The number of benzene rings is 3. The van der Waals surface area contributed by atoms with Crippen LogP contribution in [0.5, 0.6) is 0 Å². The maximum atomic E-state index is 13.1. The molecule has 0 aliphatic heterocycles. The van der Waals surface area contributed by atoms with Crippen LogP contribution in [0, 0.1) is 0 Å². The van der Waals surface area contributed by atoms with Crippen LogP contribution in [-0.4, -0.2) is 38.0 Å². The number of amides is 2. The third-order valence-electron chi connectivity index (χ3n) is 5.11. The van der Waals surface area contributed by atoms with E-state index in [1.165, 1.54) is 26.4 Å². The molecule has 0 saturated carbocycles. The molecule has 34 heavy (non-hydrogen) atoms. The zero-order valence-electron chi connectivity index (χ0n) is 18.7. The standard InChI is InChI=1S/C26H24N2O6/c1-33-25(31)21(17-11-5-3-6-12-17)27-23(29)19-15-9-10-16-20(19)24(30)28-22(26(32)34-2)18-13-7-4-8-14-18/h3-16,21-22H,1-2H3,(H,27,29)(H,28,30). The summed E-state index contributed by atoms with van der Waals surface area (Å²) in [6.07, 6.45) is 0. The van der Waals surface area contributed by atoms with Crippen molar-refractivity contribution in [2.45, 2.75) is 12.1 Å². The van der Waals surface area contributed by atoms with Gasteiger partial charge in [0.1, 0.15) is 0 Å². The molecule has 3 aromatic carbocycles. The lowest BCUT2D eigenvalue weighted by Gasteiger charge is -2.19. The molecule has 3 rings (SSSR count). The fourth-order valence-corrected chi connectivity index (χ4v) is 3.38. The van der Waals surface area contributed by atoms with Crippen LogP contribution in [0.25, 0.3) is 0 Å². The van der Waals surface area contributed by atoms with E-state index in [-0.39, 0.29) is 11.1 Å². The van der Waals surface area contributed by atoms with Gasteiger partial charge in [0.25, 0.3) is 11.8 Å². The lowest BCUT2D eigenvalue weighted by Crippen LogP contribution is -2.38. The molecule has 0 aliphatic carbocycles. The van der Waals surface area contributed by atoms with Gasteiger partial charge in [0.2, 0.25) is 0 Å². The number of nitrogens with one attached hydrogen (secondary N) is 2. The quantitative estimate of drug-likeness (QED) is 0.500. The van der Waals surface area contributed by atoms with Gasteiger partial charge in [-0.2, -0.15) is 0 Å². The Morgan fingerprint density at radius 2 is 0.882 bits per heavy atom. The summed E-state index contributed by atoms with van der Waals surface area (Å²) in [6.45, 7) is 0. The number of rotatable bonds is 8. The second-order valence-electron chi connectivity index (χ2n) is 7.23. The molecule has 8 heteroatoms. The van der Waals surface area contributed by atoms with Crippen LogP contribution >= 0.6 is 0 Å². The number of methoxy groups -OCH3 is 2. The molecule has 0 aromatic heterocycles. The van der Waals surface area contributed by atoms with Crippen LogP contribution in [0.1, 0.15) is 43.9 Å². The summed E-state index contributed by atoms with van der Waals surface area (Å²) >= 11 is 0. The number of carbonyl (C=O) groups is 4. The van der Waals surface area contributed by atoms with Gasteiger partial charge in [-0.15, -0.1) is 0 Å². The van der Waals surface area contributed by atoms with Gasteiger partial charge >= 0.3 is 11.9 Å². The third kappa shape index (κ3) is 5.66. The van der Waals surface area contributed by atoms with Crippen molar-refractivity contribution in [1.29, 1.82) is 0 Å². The van der Waals surface area contributed by atoms with E-state index < -0.39 is 35.8 Å². The highest BCUT2D eigenvalue weighted by Crippen LogP contribution is 2.19. The summed E-state index contributed by atoms with van der Waals surface area (Å²) < 4.78 is 9.67. The highest BCUT2D eigenvalue weighted by atomic mass is 16.5. The fraction of sp³-hybridized carbons (Fsp3) is 0.154. The first-order valence-corrected chi connectivity index (χ1v) is 10.4. The second-order valence-corrected chi connectivity index (χ2v) is 7.23. The van der Waals surface area contributed by atoms with E-state index in [1.54, 1.807) is 72.8 Å². The first-order valence-electron chi connectivity index (χ1n) is 10.4. The Balaban J connectivity index is 1.88. The van der Waals surface area contributed by atoms with Crippen LogP contribution < -0.4 is 10.6 Å². The van der Waals surface area contributed by atoms with Gasteiger partial charge in [0.15, 0.2) is 12.1 Å². The van der Waals surface area contributed by atoms with Gasteiger partial charge in [0, 0.05) is 0 Å². The van der Waals surface area contributed by atoms with E-state index in [9.17, 15) is 19.2 Å². The van der Waals surface area contributed by atoms with Crippen molar-refractivity contribution in [1.82, 2.24) is 10.6 Å². The Hall–Kier alpha value is -4.46. The van der Waals surface area contributed by atoms with E-state index in [2.05, 4.69) is 10.6 Å². The molecule has 2 N–H and O–H groups in total. The summed E-state index contributed by atoms with van der Waals surface area (Å²) in [5.41, 5.74) is 1.11. The number of esters is 2. The molecular formula is C26H24N2O6. The van der Waals surface area contributed by atoms with Crippen molar-refractivity contribution in [3.05, 3.63) is 107 Å². The molecule has 0 saturated heterocycles. The molecule has 2 unspecified atom stereocenters. The average molecular weight is 460 g/mol. The van der Waals surface area contributed by atoms with Crippen molar-refractivity contribution < 1.29 is 28.7 Å². The molecule has 0 spiro atoms. The highest BCUT2D eigenvalue weighted by Gasteiger charge is 2.28. The van der Waals surface area contributed by atoms with E-state index >= 15 is 0 Å². The lowest BCUT2D eigenvalue weighted by atomic mass is 10.0. The molecule has 2 amide bonds. The third-order valence-corrected chi connectivity index (χ3v) is 5.11. The summed E-state index contributed by atoms with van der Waals surface area (Å²) in [6, 6.07) is 21.2. The Morgan fingerprint density at radius 3 is 1.21 bits per heavy atom. The predicted molar refractivity (Wildman–Crippen MR) is 124 cm³/mol. The minimum absolute atomic E-state index is 0.0292. The van der Waals surface area contributed by atoms with Crippen molar-refractivity contribution >= 4 is 23.8 Å². The largest absolute Gasteiger partial charge is 0.467 e. The van der Waals surface area contributed by atoms with Gasteiger partial charge in [-0.05, 0) is 23.3 Å². The van der Waals surface area contributed by atoms with E-state index in [0.29, 0.717) is 11.1 Å². The monoisotopic (exact) mass is 460 g/mol. The Morgan fingerprint density at radius 1 is 0.559 bits per heavy atom. The topological polar surface area (TPSA) is 111 Å². The van der Waals surface area contributed by atoms with Crippen molar-refractivity contribution in [2.24, 2.45) is 0 Å². The Kier molecular flexibility index (Phi) is 8.12. The fourth-order valence-electron chi connectivity index (χ4n) is 3.38. The van der Waals surface area contributed by atoms with Gasteiger partial charge in [-0.25, -0.2) is 9.59 Å². The van der Waals surface area contributed by atoms with Crippen molar-refractivity contribution in [3.63, 3.8) is 0 Å². The zero-order valence-corrected chi connectivity index (χ0v) is 18.7. The minimum Gasteiger partial charge on any atom is -0.467 e. The predicted octanol–water partition coefficient (Wildman–Crippen LogP) is 2.97. The maximum Gasteiger partial charge on any atom is 0.333 e. The first kappa shape index (κ1) is 24.2. The Bertz CT molecular complexity index is 1070. The van der Waals surface area contributed by atoms with Gasteiger partial charge < -0.3 is 20.1 Å². The summed E-state index contributed by atoms with van der Waals surface area (Å²) in [4.78, 5) is 50.9. The number of ether oxygens (including phenoxy) is 2. The first-order chi connectivity index (χ1) is 16.5. The normalized spacial score (nSPS) is 12.1. The Labute approximate surface area is 196 Å². The molecule has 0 bridgehead atoms. The van der Waals surface area contributed by atoms with Crippen LogP contribution in [0.15, 0.2) is 84.9 Å². The van der Waals surface area contributed by atoms with E-state index in [0.717, 1.165) is 0 Å². The second kappa shape index (κ2) is 11.4. The van der Waals surface area contributed by atoms with Crippen molar-refractivity contribution in [2.75, 3.05) is 14.2 Å². The molecular weight excluding hydrogens is 436 g/mol. The molecule has 0 aliphatic rings. The zero-order chi connectivity index (χ0) is 24.5. The molecule has 174 valence electrons. The van der Waals surface area contributed by atoms with Gasteiger partial charge in [-0.1, -0.05) is 72.8 Å². The molecule has 8 nitrogen and oxygen atoms in total. The molecule has 3 aromatic rings. The lowest BCUT2D eigenvalue weighted by molar-refractivity contribution is -0.143. The van der Waals surface area contributed by atoms with Crippen LogP contribution in [0.3, 0.4) is 0 Å². The summed E-state index contributed by atoms with van der Waals surface area (Å²) in [5.74, 6) is -2.62. The molecule has 0 radical (unpaired) electrons. The smallest absolute Gasteiger partial charge is 0.333 e. The summed E-state index contributed by atoms with van der Waals surface area (Å²) in [7, 11) is 2.45. The molecule has 2 atom stereocenters. The number of hydrogen-bond acceptors (Lipinski definition) is 6. The van der Waals surface area contributed by atoms with Gasteiger partial charge in [-0.3, -0.25) is 9.59 Å². The van der Waals surface area contributed by atoms with Gasteiger partial charge in [0.05, 0.1) is 25.3 Å². The van der Waals surface area contributed by atoms with Crippen LogP contribution in [-0.2, 0) is 19.1 Å². The maximum absolute atomic E-state index is 13.1. The number of carbonyl (C=O) groups excluding carboxylic acids is 4. The van der Waals surface area contributed by atoms with E-state index in [1.807, 2.05) is 0 Å². The van der Waals surface area contributed by atoms with Crippen molar-refractivity contribution in [3.8, 4) is 0 Å². The minimum atomic E-state index is -1.07.